The Kier molecular flexibility index (Phi) is 3.89. The number of halogens is 2. The molecule has 0 saturated heterocycles. The summed E-state index contributed by atoms with van der Waals surface area (Å²) in [6.45, 7) is 0. The summed E-state index contributed by atoms with van der Waals surface area (Å²) in [6.07, 6.45) is 0. The second-order valence-electron chi connectivity index (χ2n) is 4.61. The SMILES string of the molecule is O=C(Nc1ccc(F)cc1)c1cc(-c2ccccc2Cl)n[nH]1. The predicted molar refractivity (Wildman–Crippen MR) is 83.4 cm³/mol. The van der Waals surface area contributed by atoms with E-state index >= 15 is 0 Å². The highest BCUT2D eigenvalue weighted by atomic mass is 35.5. The van der Waals surface area contributed by atoms with Gasteiger partial charge in [0.1, 0.15) is 11.5 Å². The number of benzene rings is 2. The summed E-state index contributed by atoms with van der Waals surface area (Å²) in [4.78, 5) is 12.1. The van der Waals surface area contributed by atoms with Crippen LogP contribution in [-0.4, -0.2) is 16.1 Å². The second kappa shape index (κ2) is 5.99. The van der Waals surface area contributed by atoms with Crippen LogP contribution in [0.5, 0.6) is 0 Å². The highest BCUT2D eigenvalue weighted by Gasteiger charge is 2.12. The molecule has 6 heteroatoms. The standard InChI is InChI=1S/C16H11ClFN3O/c17-13-4-2-1-3-12(13)14-9-15(21-20-14)16(22)19-11-7-5-10(18)6-8-11/h1-9H,(H,19,22)(H,20,21). The summed E-state index contributed by atoms with van der Waals surface area (Å²) >= 11 is 6.10. The van der Waals surface area contributed by atoms with E-state index in [9.17, 15) is 9.18 Å². The third-order valence-corrected chi connectivity index (χ3v) is 3.40. The van der Waals surface area contributed by atoms with Gasteiger partial charge in [-0.3, -0.25) is 9.89 Å². The molecule has 0 spiro atoms. The molecular formula is C16H11ClFN3O. The molecule has 3 aromatic rings. The van der Waals surface area contributed by atoms with Crippen molar-refractivity contribution in [3.8, 4) is 11.3 Å². The molecule has 4 nitrogen and oxygen atoms in total. The smallest absolute Gasteiger partial charge is 0.273 e. The van der Waals surface area contributed by atoms with Gasteiger partial charge in [-0.2, -0.15) is 5.10 Å². The fraction of sp³-hybridized carbons (Fsp3) is 0. The van der Waals surface area contributed by atoms with Crippen molar-refractivity contribution in [3.05, 3.63) is 71.1 Å². The van der Waals surface area contributed by atoms with Crippen molar-refractivity contribution in [2.75, 3.05) is 5.32 Å². The number of anilines is 1. The number of carbonyl (C=O) groups is 1. The van der Waals surface area contributed by atoms with E-state index in [1.165, 1.54) is 24.3 Å². The maximum Gasteiger partial charge on any atom is 0.273 e. The Labute approximate surface area is 130 Å². The van der Waals surface area contributed by atoms with Crippen LogP contribution in [0.1, 0.15) is 10.5 Å². The fourth-order valence-electron chi connectivity index (χ4n) is 1.98. The summed E-state index contributed by atoms with van der Waals surface area (Å²) in [5.74, 6) is -0.724. The number of hydrogen-bond acceptors (Lipinski definition) is 2. The number of H-pyrrole nitrogens is 1. The van der Waals surface area contributed by atoms with Crippen LogP contribution in [0, 0.1) is 5.82 Å². The van der Waals surface area contributed by atoms with Gasteiger partial charge >= 0.3 is 0 Å². The van der Waals surface area contributed by atoms with Gasteiger partial charge in [-0.15, -0.1) is 0 Å². The van der Waals surface area contributed by atoms with E-state index in [0.29, 0.717) is 22.1 Å². The third kappa shape index (κ3) is 2.99. The monoisotopic (exact) mass is 315 g/mol. The molecule has 22 heavy (non-hydrogen) atoms. The van der Waals surface area contributed by atoms with Gasteiger partial charge in [0.05, 0.1) is 10.7 Å². The molecule has 0 unspecified atom stereocenters. The van der Waals surface area contributed by atoms with Gasteiger partial charge in [0, 0.05) is 11.3 Å². The average Bonchev–Trinajstić information content (AvgIpc) is 3.00. The molecule has 1 aromatic heterocycles. The zero-order valence-electron chi connectivity index (χ0n) is 11.3. The zero-order valence-corrected chi connectivity index (χ0v) is 12.1. The van der Waals surface area contributed by atoms with Gasteiger partial charge in [0.25, 0.3) is 5.91 Å². The first-order valence-corrected chi connectivity index (χ1v) is 6.88. The minimum Gasteiger partial charge on any atom is -0.321 e. The number of amides is 1. The van der Waals surface area contributed by atoms with Crippen LogP contribution in [-0.2, 0) is 0 Å². The first-order chi connectivity index (χ1) is 10.6. The molecule has 0 aliphatic carbocycles. The van der Waals surface area contributed by atoms with Crippen LogP contribution >= 0.6 is 11.6 Å². The molecule has 0 fully saturated rings. The highest BCUT2D eigenvalue weighted by molar-refractivity contribution is 6.33. The van der Waals surface area contributed by atoms with Crippen LogP contribution in [0.3, 0.4) is 0 Å². The van der Waals surface area contributed by atoms with Crippen LogP contribution < -0.4 is 5.32 Å². The predicted octanol–water partition coefficient (Wildman–Crippen LogP) is 4.12. The van der Waals surface area contributed by atoms with E-state index in [1.807, 2.05) is 18.2 Å². The van der Waals surface area contributed by atoms with Gasteiger partial charge in [-0.25, -0.2) is 4.39 Å². The lowest BCUT2D eigenvalue weighted by Crippen LogP contribution is -2.12. The lowest BCUT2D eigenvalue weighted by atomic mass is 10.1. The Morgan fingerprint density at radius 2 is 1.86 bits per heavy atom. The van der Waals surface area contributed by atoms with Crippen LogP contribution in [0.15, 0.2) is 54.6 Å². The Morgan fingerprint density at radius 3 is 2.59 bits per heavy atom. The van der Waals surface area contributed by atoms with Gasteiger partial charge in [0.15, 0.2) is 0 Å². The van der Waals surface area contributed by atoms with Crippen LogP contribution in [0.2, 0.25) is 5.02 Å². The zero-order chi connectivity index (χ0) is 15.5. The summed E-state index contributed by atoms with van der Waals surface area (Å²) in [5, 5.41) is 9.97. The van der Waals surface area contributed by atoms with E-state index in [0.717, 1.165) is 5.56 Å². The lowest BCUT2D eigenvalue weighted by Gasteiger charge is -2.02. The van der Waals surface area contributed by atoms with Gasteiger partial charge in [-0.1, -0.05) is 29.8 Å². The molecule has 110 valence electrons. The van der Waals surface area contributed by atoms with Crippen molar-refractivity contribution in [1.29, 1.82) is 0 Å². The number of aromatic nitrogens is 2. The molecule has 0 radical (unpaired) electrons. The molecule has 1 heterocycles. The van der Waals surface area contributed by atoms with E-state index in [2.05, 4.69) is 15.5 Å². The maximum atomic E-state index is 12.8. The van der Waals surface area contributed by atoms with Crippen molar-refractivity contribution < 1.29 is 9.18 Å². The van der Waals surface area contributed by atoms with Gasteiger partial charge in [-0.05, 0) is 36.4 Å². The molecule has 0 saturated carbocycles. The van der Waals surface area contributed by atoms with Crippen LogP contribution in [0.4, 0.5) is 10.1 Å². The summed E-state index contributed by atoms with van der Waals surface area (Å²) in [5.41, 5.74) is 2.11. The summed E-state index contributed by atoms with van der Waals surface area (Å²) in [7, 11) is 0. The van der Waals surface area contributed by atoms with Gasteiger partial charge in [0.2, 0.25) is 0 Å². The molecule has 2 N–H and O–H groups in total. The minimum absolute atomic E-state index is 0.291. The topological polar surface area (TPSA) is 57.8 Å². The van der Waals surface area contributed by atoms with E-state index in [-0.39, 0.29) is 11.7 Å². The number of nitrogens with zero attached hydrogens (tertiary/aromatic N) is 1. The first kappa shape index (κ1) is 14.3. The second-order valence-corrected chi connectivity index (χ2v) is 5.01. The Balaban J connectivity index is 1.80. The fourth-order valence-corrected chi connectivity index (χ4v) is 2.21. The maximum absolute atomic E-state index is 12.8. The molecule has 0 bridgehead atoms. The molecule has 3 rings (SSSR count). The third-order valence-electron chi connectivity index (χ3n) is 3.07. The largest absolute Gasteiger partial charge is 0.321 e. The van der Waals surface area contributed by atoms with Gasteiger partial charge < -0.3 is 5.32 Å². The van der Waals surface area contributed by atoms with E-state index in [4.69, 9.17) is 11.6 Å². The van der Waals surface area contributed by atoms with Crippen molar-refractivity contribution in [1.82, 2.24) is 10.2 Å². The lowest BCUT2D eigenvalue weighted by molar-refractivity contribution is 0.102. The van der Waals surface area contributed by atoms with Crippen molar-refractivity contribution >= 4 is 23.2 Å². The molecular weight excluding hydrogens is 305 g/mol. The molecule has 0 aliphatic heterocycles. The molecule has 1 amide bonds. The summed E-state index contributed by atoms with van der Waals surface area (Å²) < 4.78 is 12.8. The number of carbonyl (C=O) groups excluding carboxylic acids is 1. The number of aromatic amines is 1. The number of nitrogens with one attached hydrogen (secondary N) is 2. The highest BCUT2D eigenvalue weighted by Crippen LogP contribution is 2.26. The number of rotatable bonds is 3. The van der Waals surface area contributed by atoms with Crippen molar-refractivity contribution in [2.24, 2.45) is 0 Å². The Morgan fingerprint density at radius 1 is 1.14 bits per heavy atom. The van der Waals surface area contributed by atoms with Crippen molar-refractivity contribution in [3.63, 3.8) is 0 Å². The Hall–Kier alpha value is -2.66. The normalized spacial score (nSPS) is 10.5. The summed E-state index contributed by atoms with van der Waals surface area (Å²) in [6, 6.07) is 14.4. The quantitative estimate of drug-likeness (QED) is 0.763. The Bertz CT molecular complexity index is 814. The molecule has 2 aromatic carbocycles. The number of hydrogen-bond donors (Lipinski definition) is 2. The minimum atomic E-state index is -0.364. The van der Waals surface area contributed by atoms with Crippen molar-refractivity contribution in [2.45, 2.75) is 0 Å². The van der Waals surface area contributed by atoms with E-state index < -0.39 is 0 Å². The molecule has 0 atom stereocenters. The van der Waals surface area contributed by atoms with Crippen LogP contribution in [0.25, 0.3) is 11.3 Å². The average molecular weight is 316 g/mol. The molecule has 0 aliphatic rings. The first-order valence-electron chi connectivity index (χ1n) is 6.51. The van der Waals surface area contributed by atoms with E-state index in [1.54, 1.807) is 12.1 Å².